The number of nitrogens with zero attached hydrogens (tertiary/aromatic N) is 1. The van der Waals surface area contributed by atoms with Crippen molar-refractivity contribution >= 4 is 28.8 Å². The Morgan fingerprint density at radius 1 is 1.11 bits per heavy atom. The first-order chi connectivity index (χ1) is 8.68. The number of hydrogen-bond donors (Lipinski definition) is 1. The first kappa shape index (κ1) is 11.0. The van der Waals surface area contributed by atoms with Gasteiger partial charge in [0.1, 0.15) is 0 Å². The largest absolute Gasteiger partial charge is 0.398 e. The molecule has 1 aliphatic rings. The maximum atomic E-state index is 12.2. The maximum Gasteiger partial charge on any atom is 0.263 e. The summed E-state index contributed by atoms with van der Waals surface area (Å²) in [5, 5.41) is 1.92. The fourth-order valence-corrected chi connectivity index (χ4v) is 2.75. The molecule has 0 spiro atoms. The summed E-state index contributed by atoms with van der Waals surface area (Å²) in [6, 6.07) is 8.76. The highest BCUT2D eigenvalue weighted by Crippen LogP contribution is 2.29. The number of nitrogen functional groups attached to an aromatic ring is 1. The van der Waals surface area contributed by atoms with Crippen molar-refractivity contribution in [2.75, 3.05) is 5.73 Å². The highest BCUT2D eigenvalue weighted by Gasteiger charge is 2.36. The highest BCUT2D eigenvalue weighted by molar-refractivity contribution is 7.09. The Labute approximate surface area is 108 Å². The van der Waals surface area contributed by atoms with Gasteiger partial charge in [-0.1, -0.05) is 12.1 Å². The fourth-order valence-electron chi connectivity index (χ4n) is 2.06. The van der Waals surface area contributed by atoms with Gasteiger partial charge in [-0.3, -0.25) is 14.5 Å². The van der Waals surface area contributed by atoms with Crippen LogP contribution in [-0.2, 0) is 6.54 Å². The molecule has 5 heteroatoms. The van der Waals surface area contributed by atoms with E-state index in [1.54, 1.807) is 18.2 Å². The van der Waals surface area contributed by atoms with E-state index in [2.05, 4.69) is 0 Å². The van der Waals surface area contributed by atoms with Crippen LogP contribution in [0.5, 0.6) is 0 Å². The number of carbonyl (C=O) groups excluding carboxylic acids is 2. The zero-order chi connectivity index (χ0) is 12.7. The van der Waals surface area contributed by atoms with Crippen LogP contribution in [0.2, 0.25) is 0 Å². The SMILES string of the molecule is Nc1cccc2c1C(=O)N(Cc1cccs1)C2=O. The molecule has 0 fully saturated rings. The lowest BCUT2D eigenvalue weighted by Gasteiger charge is -2.12. The minimum absolute atomic E-state index is 0.268. The summed E-state index contributed by atoms with van der Waals surface area (Å²) in [4.78, 5) is 26.5. The Morgan fingerprint density at radius 3 is 2.61 bits per heavy atom. The van der Waals surface area contributed by atoms with Gasteiger partial charge in [-0.25, -0.2) is 0 Å². The van der Waals surface area contributed by atoms with E-state index in [0.717, 1.165) is 4.88 Å². The van der Waals surface area contributed by atoms with Crippen molar-refractivity contribution in [3.05, 3.63) is 51.7 Å². The van der Waals surface area contributed by atoms with Crippen LogP contribution in [0, 0.1) is 0 Å². The Kier molecular flexibility index (Phi) is 2.41. The van der Waals surface area contributed by atoms with E-state index in [4.69, 9.17) is 5.73 Å². The Bertz CT molecular complexity index is 634. The van der Waals surface area contributed by atoms with Crippen molar-refractivity contribution in [2.24, 2.45) is 0 Å². The molecule has 1 aliphatic heterocycles. The van der Waals surface area contributed by atoms with Crippen molar-refractivity contribution in [2.45, 2.75) is 6.54 Å². The third-order valence-corrected chi connectivity index (χ3v) is 3.79. The molecule has 18 heavy (non-hydrogen) atoms. The van der Waals surface area contributed by atoms with E-state index < -0.39 is 0 Å². The maximum absolute atomic E-state index is 12.2. The van der Waals surface area contributed by atoms with Crippen molar-refractivity contribution in [3.63, 3.8) is 0 Å². The molecule has 0 bridgehead atoms. The number of benzene rings is 1. The smallest absolute Gasteiger partial charge is 0.263 e. The van der Waals surface area contributed by atoms with Gasteiger partial charge in [-0.05, 0) is 23.6 Å². The monoisotopic (exact) mass is 258 g/mol. The van der Waals surface area contributed by atoms with E-state index in [1.807, 2.05) is 17.5 Å². The molecule has 3 rings (SSSR count). The molecule has 1 aromatic heterocycles. The van der Waals surface area contributed by atoms with Gasteiger partial charge in [0, 0.05) is 10.6 Å². The standard InChI is InChI=1S/C13H10N2O2S/c14-10-5-1-4-9-11(10)13(17)15(12(9)16)7-8-3-2-6-18-8/h1-6H,7,14H2. The Morgan fingerprint density at radius 2 is 1.94 bits per heavy atom. The quantitative estimate of drug-likeness (QED) is 0.663. The van der Waals surface area contributed by atoms with Crippen molar-refractivity contribution in [1.82, 2.24) is 4.90 Å². The van der Waals surface area contributed by atoms with Crippen LogP contribution in [-0.4, -0.2) is 16.7 Å². The molecule has 2 heterocycles. The third-order valence-electron chi connectivity index (χ3n) is 2.93. The van der Waals surface area contributed by atoms with Gasteiger partial charge in [0.2, 0.25) is 0 Å². The molecule has 0 radical (unpaired) electrons. The molecule has 2 amide bonds. The minimum Gasteiger partial charge on any atom is -0.398 e. The van der Waals surface area contributed by atoms with Crippen LogP contribution in [0.4, 0.5) is 5.69 Å². The topological polar surface area (TPSA) is 63.4 Å². The van der Waals surface area contributed by atoms with Crippen molar-refractivity contribution < 1.29 is 9.59 Å². The molecular formula is C13H10N2O2S. The summed E-state index contributed by atoms with van der Waals surface area (Å²) < 4.78 is 0. The van der Waals surface area contributed by atoms with Crippen molar-refractivity contribution in [3.8, 4) is 0 Å². The second-order valence-electron chi connectivity index (χ2n) is 4.05. The molecule has 0 atom stereocenters. The average molecular weight is 258 g/mol. The summed E-state index contributed by atoms with van der Waals surface area (Å²) in [7, 11) is 0. The van der Waals surface area contributed by atoms with Gasteiger partial charge < -0.3 is 5.73 Å². The summed E-state index contributed by atoms with van der Waals surface area (Å²) >= 11 is 1.52. The predicted octanol–water partition coefficient (Wildman–Crippen LogP) is 2.13. The number of anilines is 1. The zero-order valence-electron chi connectivity index (χ0n) is 9.42. The van der Waals surface area contributed by atoms with E-state index in [0.29, 0.717) is 23.4 Å². The molecule has 0 unspecified atom stereocenters. The molecule has 0 saturated carbocycles. The van der Waals surface area contributed by atoms with Gasteiger partial charge in [0.05, 0.1) is 17.7 Å². The summed E-state index contributed by atoms with van der Waals surface area (Å²) in [5.74, 6) is -0.572. The summed E-state index contributed by atoms with van der Waals surface area (Å²) in [6.07, 6.45) is 0. The van der Waals surface area contributed by atoms with Crippen LogP contribution in [0.3, 0.4) is 0 Å². The first-order valence-corrected chi connectivity index (χ1v) is 6.33. The van der Waals surface area contributed by atoms with E-state index in [1.165, 1.54) is 16.2 Å². The lowest BCUT2D eigenvalue weighted by Crippen LogP contribution is -2.28. The van der Waals surface area contributed by atoms with Crippen LogP contribution < -0.4 is 5.73 Å². The lowest BCUT2D eigenvalue weighted by atomic mass is 10.1. The van der Waals surface area contributed by atoms with Gasteiger partial charge in [0.25, 0.3) is 11.8 Å². The number of amides is 2. The third kappa shape index (κ3) is 1.52. The average Bonchev–Trinajstić information content (AvgIpc) is 2.94. The van der Waals surface area contributed by atoms with E-state index in [-0.39, 0.29) is 11.8 Å². The molecular weight excluding hydrogens is 248 g/mol. The number of thiophene rings is 1. The Balaban J connectivity index is 2.00. The van der Waals surface area contributed by atoms with Crippen LogP contribution in [0.15, 0.2) is 35.7 Å². The molecule has 2 N–H and O–H groups in total. The highest BCUT2D eigenvalue weighted by atomic mass is 32.1. The number of imide groups is 1. The molecule has 0 saturated heterocycles. The summed E-state index contributed by atoms with van der Waals surface area (Å²) in [5.41, 5.74) is 6.86. The lowest BCUT2D eigenvalue weighted by molar-refractivity contribution is 0.0644. The second-order valence-corrected chi connectivity index (χ2v) is 5.08. The molecule has 0 aliphatic carbocycles. The summed E-state index contributed by atoms with van der Waals surface area (Å²) in [6.45, 7) is 0.309. The normalized spacial score (nSPS) is 14.1. The molecule has 4 nitrogen and oxygen atoms in total. The van der Waals surface area contributed by atoms with Crippen LogP contribution in [0.25, 0.3) is 0 Å². The van der Waals surface area contributed by atoms with E-state index >= 15 is 0 Å². The first-order valence-electron chi connectivity index (χ1n) is 5.45. The van der Waals surface area contributed by atoms with Crippen LogP contribution >= 0.6 is 11.3 Å². The van der Waals surface area contributed by atoms with Gasteiger partial charge >= 0.3 is 0 Å². The molecule has 2 aromatic rings. The van der Waals surface area contributed by atoms with Crippen LogP contribution in [0.1, 0.15) is 25.6 Å². The minimum atomic E-state index is -0.304. The number of nitrogens with two attached hydrogens (primary N) is 1. The molecule has 90 valence electrons. The van der Waals surface area contributed by atoms with Gasteiger partial charge in [0.15, 0.2) is 0 Å². The zero-order valence-corrected chi connectivity index (χ0v) is 10.2. The van der Waals surface area contributed by atoms with E-state index in [9.17, 15) is 9.59 Å². The Hall–Kier alpha value is -2.14. The van der Waals surface area contributed by atoms with Gasteiger partial charge in [-0.2, -0.15) is 0 Å². The molecule has 1 aromatic carbocycles. The predicted molar refractivity (Wildman–Crippen MR) is 69.4 cm³/mol. The van der Waals surface area contributed by atoms with Crippen molar-refractivity contribution in [1.29, 1.82) is 0 Å². The number of rotatable bonds is 2. The number of carbonyl (C=O) groups is 2. The second kappa shape index (κ2) is 3.96. The van der Waals surface area contributed by atoms with Gasteiger partial charge in [-0.15, -0.1) is 11.3 Å². The number of fused-ring (bicyclic) bond motifs is 1. The fraction of sp³-hybridized carbons (Fsp3) is 0.0769. The number of hydrogen-bond acceptors (Lipinski definition) is 4.